The van der Waals surface area contributed by atoms with Crippen molar-refractivity contribution in [3.63, 3.8) is 0 Å². The highest BCUT2D eigenvalue weighted by molar-refractivity contribution is 9.10. The molecule has 3 rings (SSSR count). The van der Waals surface area contributed by atoms with E-state index in [9.17, 15) is 4.39 Å². The van der Waals surface area contributed by atoms with Crippen LogP contribution in [0.15, 0.2) is 40.9 Å². The molecule has 2 aromatic carbocycles. The predicted octanol–water partition coefficient (Wildman–Crippen LogP) is 4.97. The Morgan fingerprint density at radius 2 is 2.05 bits per heavy atom. The van der Waals surface area contributed by atoms with E-state index in [2.05, 4.69) is 20.9 Å². The first-order valence-electron chi connectivity index (χ1n) is 6.09. The Kier molecular flexibility index (Phi) is 3.52. The van der Waals surface area contributed by atoms with Gasteiger partial charge in [0.15, 0.2) is 0 Å². The third-order valence-corrected chi connectivity index (χ3v) is 3.88. The van der Waals surface area contributed by atoms with Crippen LogP contribution in [0.3, 0.4) is 0 Å². The highest BCUT2D eigenvalue weighted by Gasteiger charge is 2.15. The molecule has 0 radical (unpaired) electrons. The normalized spacial score (nSPS) is 11.2. The summed E-state index contributed by atoms with van der Waals surface area (Å²) in [5.41, 5.74) is 3.09. The maximum atomic E-state index is 14.2. The first-order valence-corrected chi connectivity index (χ1v) is 7.42. The molecule has 0 bridgehead atoms. The number of hydrogen-bond acceptors (Lipinski definition) is 1. The Labute approximate surface area is 129 Å². The fourth-order valence-corrected chi connectivity index (χ4v) is 2.78. The van der Waals surface area contributed by atoms with Gasteiger partial charge in [-0.25, -0.2) is 9.37 Å². The van der Waals surface area contributed by atoms with Crippen LogP contribution < -0.4 is 0 Å². The zero-order chi connectivity index (χ0) is 14.3. The topological polar surface area (TPSA) is 17.8 Å². The quantitative estimate of drug-likeness (QED) is 0.594. The van der Waals surface area contributed by atoms with E-state index in [1.807, 2.05) is 25.1 Å². The van der Waals surface area contributed by atoms with Gasteiger partial charge in [-0.15, -0.1) is 11.6 Å². The van der Waals surface area contributed by atoms with Crippen LogP contribution in [0.5, 0.6) is 0 Å². The number of halogens is 3. The lowest BCUT2D eigenvalue weighted by molar-refractivity contribution is 0.617. The van der Waals surface area contributed by atoms with Gasteiger partial charge in [0.05, 0.1) is 22.6 Å². The Hall–Kier alpha value is -1.39. The minimum absolute atomic E-state index is 0.222. The summed E-state index contributed by atoms with van der Waals surface area (Å²) in [5, 5.41) is 0. The summed E-state index contributed by atoms with van der Waals surface area (Å²) in [6, 6.07) is 10.7. The lowest BCUT2D eigenvalue weighted by atomic mass is 10.2. The third kappa shape index (κ3) is 2.23. The summed E-state index contributed by atoms with van der Waals surface area (Å²) in [5.74, 6) is 0.560. The van der Waals surface area contributed by atoms with Crippen LogP contribution in [0.2, 0.25) is 0 Å². The molecule has 0 N–H and O–H groups in total. The molecule has 3 aromatic rings. The minimum atomic E-state index is -0.291. The zero-order valence-corrected chi connectivity index (χ0v) is 13.0. The second-order valence-electron chi connectivity index (χ2n) is 4.58. The number of benzene rings is 2. The molecule has 0 saturated carbocycles. The molecule has 0 spiro atoms. The summed E-state index contributed by atoms with van der Waals surface area (Å²) in [7, 11) is 0. The summed E-state index contributed by atoms with van der Waals surface area (Å²) >= 11 is 9.40. The Morgan fingerprint density at radius 3 is 2.80 bits per heavy atom. The van der Waals surface area contributed by atoms with Crippen molar-refractivity contribution in [3.8, 4) is 5.69 Å². The van der Waals surface area contributed by atoms with Gasteiger partial charge in [-0.3, -0.25) is 4.57 Å². The molecule has 0 fully saturated rings. The summed E-state index contributed by atoms with van der Waals surface area (Å²) in [6.45, 7) is 1.93. The van der Waals surface area contributed by atoms with Gasteiger partial charge >= 0.3 is 0 Å². The first-order chi connectivity index (χ1) is 9.60. The van der Waals surface area contributed by atoms with Crippen LogP contribution in [-0.2, 0) is 5.88 Å². The number of hydrogen-bond donors (Lipinski definition) is 0. The molecule has 0 aliphatic heterocycles. The van der Waals surface area contributed by atoms with Crippen molar-refractivity contribution in [1.29, 1.82) is 0 Å². The number of aryl methyl sites for hydroxylation is 1. The molecule has 0 aliphatic rings. The number of alkyl halides is 1. The van der Waals surface area contributed by atoms with E-state index in [-0.39, 0.29) is 11.7 Å². The van der Waals surface area contributed by atoms with Crippen LogP contribution in [-0.4, -0.2) is 9.55 Å². The largest absolute Gasteiger partial charge is 0.292 e. The lowest BCUT2D eigenvalue weighted by Crippen LogP contribution is -2.02. The molecular formula is C15H11BrClFN2. The maximum absolute atomic E-state index is 14.2. The molecule has 0 aliphatic carbocycles. The van der Waals surface area contributed by atoms with Crippen molar-refractivity contribution >= 4 is 38.6 Å². The number of nitrogens with zero attached hydrogens (tertiary/aromatic N) is 2. The molecule has 2 nitrogen and oxygen atoms in total. The van der Waals surface area contributed by atoms with E-state index in [0.717, 1.165) is 21.1 Å². The van der Waals surface area contributed by atoms with Crippen LogP contribution in [0.1, 0.15) is 11.4 Å². The van der Waals surface area contributed by atoms with E-state index in [1.54, 1.807) is 16.7 Å². The van der Waals surface area contributed by atoms with Gasteiger partial charge in [0.2, 0.25) is 0 Å². The predicted molar refractivity (Wildman–Crippen MR) is 83.0 cm³/mol. The van der Waals surface area contributed by atoms with Crippen molar-refractivity contribution in [2.45, 2.75) is 12.8 Å². The second-order valence-corrected chi connectivity index (χ2v) is 5.77. The standard InChI is InChI=1S/C15H11BrClFN2/c1-9-2-4-11(18)13(6-9)20-14-7-10(16)3-5-12(14)19-15(20)8-17/h2-7H,8H2,1H3. The first kappa shape index (κ1) is 13.6. The molecule has 0 saturated heterocycles. The second kappa shape index (κ2) is 5.19. The van der Waals surface area contributed by atoms with E-state index >= 15 is 0 Å². The van der Waals surface area contributed by atoms with E-state index < -0.39 is 0 Å². The van der Waals surface area contributed by atoms with Gasteiger partial charge in [-0.2, -0.15) is 0 Å². The average Bonchev–Trinajstić information content (AvgIpc) is 2.79. The van der Waals surface area contributed by atoms with Crippen molar-refractivity contribution in [1.82, 2.24) is 9.55 Å². The smallest absolute Gasteiger partial charge is 0.147 e. The van der Waals surface area contributed by atoms with Gasteiger partial charge in [0.1, 0.15) is 11.6 Å². The van der Waals surface area contributed by atoms with Crippen molar-refractivity contribution < 1.29 is 4.39 Å². The van der Waals surface area contributed by atoms with Crippen molar-refractivity contribution in [2.75, 3.05) is 0 Å². The van der Waals surface area contributed by atoms with E-state index in [4.69, 9.17) is 11.6 Å². The fourth-order valence-electron chi connectivity index (χ4n) is 2.25. The summed E-state index contributed by atoms with van der Waals surface area (Å²) < 4.78 is 16.9. The van der Waals surface area contributed by atoms with E-state index in [1.165, 1.54) is 6.07 Å². The highest BCUT2D eigenvalue weighted by atomic mass is 79.9. The molecule has 1 aromatic heterocycles. The van der Waals surface area contributed by atoms with Gasteiger partial charge in [0, 0.05) is 4.47 Å². The Morgan fingerprint density at radius 1 is 1.25 bits per heavy atom. The van der Waals surface area contributed by atoms with Crippen molar-refractivity contribution in [2.24, 2.45) is 0 Å². The van der Waals surface area contributed by atoms with Crippen LogP contribution in [0, 0.1) is 12.7 Å². The Balaban J connectivity index is 2.39. The van der Waals surface area contributed by atoms with Crippen LogP contribution >= 0.6 is 27.5 Å². The number of aromatic nitrogens is 2. The molecular weight excluding hydrogens is 343 g/mol. The maximum Gasteiger partial charge on any atom is 0.147 e. The fraction of sp³-hybridized carbons (Fsp3) is 0.133. The van der Waals surface area contributed by atoms with E-state index in [0.29, 0.717) is 11.5 Å². The van der Waals surface area contributed by atoms with Gasteiger partial charge < -0.3 is 0 Å². The number of imidazole rings is 1. The van der Waals surface area contributed by atoms with Gasteiger partial charge in [0.25, 0.3) is 0 Å². The molecule has 20 heavy (non-hydrogen) atoms. The van der Waals surface area contributed by atoms with Crippen LogP contribution in [0.4, 0.5) is 4.39 Å². The number of fused-ring (bicyclic) bond motifs is 1. The zero-order valence-electron chi connectivity index (χ0n) is 10.7. The SMILES string of the molecule is Cc1ccc(F)c(-n2c(CCl)nc3ccc(Br)cc32)c1. The van der Waals surface area contributed by atoms with Gasteiger partial charge in [-0.05, 0) is 42.8 Å². The molecule has 102 valence electrons. The van der Waals surface area contributed by atoms with Gasteiger partial charge in [-0.1, -0.05) is 22.0 Å². The molecule has 0 amide bonds. The lowest BCUT2D eigenvalue weighted by Gasteiger charge is -2.10. The third-order valence-electron chi connectivity index (χ3n) is 3.15. The van der Waals surface area contributed by atoms with Crippen molar-refractivity contribution in [3.05, 3.63) is 58.1 Å². The number of rotatable bonds is 2. The highest BCUT2D eigenvalue weighted by Crippen LogP contribution is 2.27. The molecule has 0 atom stereocenters. The Bertz CT molecular complexity index is 798. The molecule has 5 heteroatoms. The minimum Gasteiger partial charge on any atom is -0.292 e. The summed E-state index contributed by atoms with van der Waals surface area (Å²) in [4.78, 5) is 4.46. The molecule has 1 heterocycles. The monoisotopic (exact) mass is 352 g/mol. The summed E-state index contributed by atoms with van der Waals surface area (Å²) in [6.07, 6.45) is 0. The molecule has 0 unspecified atom stereocenters. The average molecular weight is 354 g/mol. The van der Waals surface area contributed by atoms with Crippen LogP contribution in [0.25, 0.3) is 16.7 Å².